The number of rotatable bonds is 5. The summed E-state index contributed by atoms with van der Waals surface area (Å²) in [4.78, 5) is 21.6. The van der Waals surface area contributed by atoms with Gasteiger partial charge in [-0.3, -0.25) is 4.79 Å². The Morgan fingerprint density at radius 3 is 2.53 bits per heavy atom. The summed E-state index contributed by atoms with van der Waals surface area (Å²) in [5.41, 5.74) is -0.0649. The van der Waals surface area contributed by atoms with Gasteiger partial charge in [0.2, 0.25) is 5.91 Å². The van der Waals surface area contributed by atoms with Crippen LogP contribution < -0.4 is 10.6 Å². The van der Waals surface area contributed by atoms with E-state index in [1.165, 1.54) is 6.92 Å². The molecule has 0 aromatic heterocycles. The number of aliphatic carboxylic acids is 1. The van der Waals surface area contributed by atoms with Gasteiger partial charge in [-0.2, -0.15) is 0 Å². The van der Waals surface area contributed by atoms with Gasteiger partial charge in [-0.1, -0.05) is 0 Å². The topological polar surface area (TPSA) is 78.4 Å². The molecule has 0 saturated heterocycles. The van der Waals surface area contributed by atoms with E-state index < -0.39 is 29.6 Å². The van der Waals surface area contributed by atoms with Crippen LogP contribution in [0.5, 0.6) is 0 Å². The monoisotopic (exact) mass is 336 g/mol. The lowest BCUT2D eigenvalue weighted by Crippen LogP contribution is -2.44. The lowest BCUT2D eigenvalue weighted by molar-refractivity contribution is -0.141. The van der Waals surface area contributed by atoms with Gasteiger partial charge in [0, 0.05) is 19.5 Å². The van der Waals surface area contributed by atoms with Crippen LogP contribution in [0.1, 0.15) is 6.92 Å². The number of hydrogen-bond donors (Lipinski definition) is 3. The van der Waals surface area contributed by atoms with Gasteiger partial charge in [-0.05, 0) is 22.0 Å². The number of halogens is 3. The van der Waals surface area contributed by atoms with Crippen molar-refractivity contribution in [2.75, 3.05) is 11.9 Å². The first-order valence-corrected chi connectivity index (χ1v) is 5.99. The third kappa shape index (κ3) is 4.47. The third-order valence-electron chi connectivity index (χ3n) is 2.18. The largest absolute Gasteiger partial charge is 0.480 e. The molecule has 3 N–H and O–H groups in total. The van der Waals surface area contributed by atoms with Crippen molar-refractivity contribution in [2.24, 2.45) is 0 Å². The van der Waals surface area contributed by atoms with Crippen molar-refractivity contribution in [1.82, 2.24) is 5.32 Å². The molecular weight excluding hydrogens is 326 g/mol. The highest BCUT2D eigenvalue weighted by molar-refractivity contribution is 9.10. The summed E-state index contributed by atoms with van der Waals surface area (Å²) in [5.74, 6) is -3.40. The number of anilines is 1. The molecule has 0 saturated carbocycles. The smallest absolute Gasteiger partial charge is 0.328 e. The second kappa shape index (κ2) is 6.46. The summed E-state index contributed by atoms with van der Waals surface area (Å²) >= 11 is 2.89. The Morgan fingerprint density at radius 1 is 1.37 bits per heavy atom. The first-order valence-electron chi connectivity index (χ1n) is 5.19. The van der Waals surface area contributed by atoms with Gasteiger partial charge in [0.05, 0.1) is 10.2 Å². The number of hydrogen-bond acceptors (Lipinski definition) is 3. The van der Waals surface area contributed by atoms with Gasteiger partial charge in [-0.15, -0.1) is 0 Å². The molecule has 0 aliphatic carbocycles. The van der Waals surface area contributed by atoms with Crippen LogP contribution in [0.2, 0.25) is 0 Å². The number of benzene rings is 1. The lowest BCUT2D eigenvalue weighted by atomic mass is 10.2. The molecule has 8 heteroatoms. The third-order valence-corrected chi connectivity index (χ3v) is 2.79. The molecule has 0 spiro atoms. The van der Waals surface area contributed by atoms with Crippen LogP contribution >= 0.6 is 15.9 Å². The van der Waals surface area contributed by atoms with Gasteiger partial charge >= 0.3 is 5.97 Å². The summed E-state index contributed by atoms with van der Waals surface area (Å²) in [6.07, 6.45) is 0. The van der Waals surface area contributed by atoms with E-state index in [0.29, 0.717) is 6.07 Å². The van der Waals surface area contributed by atoms with Crippen molar-refractivity contribution >= 4 is 33.5 Å². The molecule has 1 amide bonds. The van der Waals surface area contributed by atoms with Crippen molar-refractivity contribution in [3.05, 3.63) is 28.2 Å². The maximum Gasteiger partial charge on any atom is 0.328 e. The summed E-state index contributed by atoms with van der Waals surface area (Å²) in [7, 11) is 0. The van der Waals surface area contributed by atoms with Crippen molar-refractivity contribution in [2.45, 2.75) is 13.0 Å². The lowest BCUT2D eigenvalue weighted by Gasteiger charge is -2.15. The van der Waals surface area contributed by atoms with Crippen molar-refractivity contribution < 1.29 is 23.5 Å². The van der Waals surface area contributed by atoms with E-state index >= 15 is 0 Å². The van der Waals surface area contributed by atoms with Crippen molar-refractivity contribution in [3.63, 3.8) is 0 Å². The molecule has 0 bridgehead atoms. The highest BCUT2D eigenvalue weighted by Gasteiger charge is 2.19. The molecule has 0 aliphatic rings. The Bertz CT molecular complexity index is 511. The van der Waals surface area contributed by atoms with Crippen LogP contribution in [-0.4, -0.2) is 29.6 Å². The second-order valence-corrected chi connectivity index (χ2v) is 4.57. The van der Waals surface area contributed by atoms with Crippen LogP contribution in [0, 0.1) is 11.6 Å². The number of nitrogens with one attached hydrogen (secondary N) is 2. The number of amides is 1. The SMILES string of the molecule is CC(=O)NC(CNc1cc(Br)c(F)cc1F)C(=O)O. The predicted molar refractivity (Wildman–Crippen MR) is 67.8 cm³/mol. The first kappa shape index (κ1) is 15.4. The Labute approximate surface area is 116 Å². The Balaban J connectivity index is 2.77. The van der Waals surface area contributed by atoms with E-state index in [9.17, 15) is 18.4 Å². The molecule has 0 fully saturated rings. The summed E-state index contributed by atoms with van der Waals surface area (Å²) in [6, 6.07) is 0.610. The van der Waals surface area contributed by atoms with E-state index in [1.807, 2.05) is 0 Å². The highest BCUT2D eigenvalue weighted by atomic mass is 79.9. The molecule has 1 atom stereocenters. The summed E-state index contributed by atoms with van der Waals surface area (Å²) in [6.45, 7) is 0.939. The van der Waals surface area contributed by atoms with E-state index in [1.54, 1.807) is 0 Å². The van der Waals surface area contributed by atoms with Crippen molar-refractivity contribution in [3.8, 4) is 0 Å². The average Bonchev–Trinajstić information content (AvgIpc) is 2.29. The van der Waals surface area contributed by atoms with Crippen LogP contribution in [0.3, 0.4) is 0 Å². The molecule has 1 unspecified atom stereocenters. The molecule has 0 heterocycles. The maximum absolute atomic E-state index is 13.4. The quantitative estimate of drug-likeness (QED) is 0.715. The summed E-state index contributed by atoms with van der Waals surface area (Å²) < 4.78 is 26.4. The summed E-state index contributed by atoms with van der Waals surface area (Å²) in [5, 5.41) is 13.5. The van der Waals surface area contributed by atoms with Gasteiger partial charge < -0.3 is 15.7 Å². The van der Waals surface area contributed by atoms with Crippen molar-refractivity contribution in [1.29, 1.82) is 0 Å². The standard InChI is InChI=1S/C11H11BrF2N2O3/c1-5(17)16-10(11(18)19)4-15-9-2-6(12)7(13)3-8(9)14/h2-3,10,15H,4H2,1H3,(H,16,17)(H,18,19). The minimum absolute atomic E-state index is 0.0443. The molecule has 19 heavy (non-hydrogen) atoms. The van der Waals surface area contributed by atoms with E-state index in [4.69, 9.17) is 5.11 Å². The minimum Gasteiger partial charge on any atom is -0.480 e. The number of carboxylic acids is 1. The first-order chi connectivity index (χ1) is 8.81. The fourth-order valence-electron chi connectivity index (χ4n) is 1.32. The van der Waals surface area contributed by atoms with Crippen LogP contribution in [0.15, 0.2) is 16.6 Å². The molecule has 0 aliphatic heterocycles. The molecule has 1 aromatic rings. The van der Waals surface area contributed by atoms with Crippen LogP contribution in [0.25, 0.3) is 0 Å². The van der Waals surface area contributed by atoms with E-state index in [0.717, 1.165) is 6.07 Å². The molecule has 5 nitrogen and oxygen atoms in total. The normalized spacial score (nSPS) is 11.8. The van der Waals surface area contributed by atoms with Gasteiger partial charge in [0.25, 0.3) is 0 Å². The zero-order chi connectivity index (χ0) is 14.6. The predicted octanol–water partition coefficient (Wildman–Crippen LogP) is 1.73. The zero-order valence-electron chi connectivity index (χ0n) is 9.84. The molecular formula is C11H11BrF2N2O3. The van der Waals surface area contributed by atoms with Gasteiger partial charge in [0.15, 0.2) is 0 Å². The Morgan fingerprint density at radius 2 is 2.00 bits per heavy atom. The Kier molecular flexibility index (Phi) is 5.22. The van der Waals surface area contributed by atoms with Crippen LogP contribution in [0.4, 0.5) is 14.5 Å². The average molecular weight is 337 g/mol. The highest BCUT2D eigenvalue weighted by Crippen LogP contribution is 2.23. The fourth-order valence-corrected chi connectivity index (χ4v) is 1.66. The van der Waals surface area contributed by atoms with Crippen LogP contribution in [-0.2, 0) is 9.59 Å². The van der Waals surface area contributed by atoms with E-state index in [2.05, 4.69) is 26.6 Å². The van der Waals surface area contributed by atoms with Gasteiger partial charge in [-0.25, -0.2) is 13.6 Å². The van der Waals surface area contributed by atoms with Gasteiger partial charge in [0.1, 0.15) is 17.7 Å². The number of carbonyl (C=O) groups is 2. The fraction of sp³-hybridized carbons (Fsp3) is 0.273. The molecule has 104 valence electrons. The molecule has 1 rings (SSSR count). The Hall–Kier alpha value is -1.70. The number of carbonyl (C=O) groups excluding carboxylic acids is 1. The second-order valence-electron chi connectivity index (χ2n) is 3.72. The van der Waals surface area contributed by atoms with E-state index in [-0.39, 0.29) is 16.7 Å². The zero-order valence-corrected chi connectivity index (χ0v) is 11.4. The molecule has 0 radical (unpaired) electrons. The number of carboxylic acid groups (broad SMARTS) is 1. The molecule has 1 aromatic carbocycles. The minimum atomic E-state index is -1.26. The maximum atomic E-state index is 13.4.